The van der Waals surface area contributed by atoms with E-state index in [2.05, 4.69) is 9.88 Å². The largest absolute Gasteiger partial charge is 0.492 e. The molecular weight excluding hydrogens is 454 g/mol. The van der Waals surface area contributed by atoms with Gasteiger partial charge in [0.15, 0.2) is 0 Å². The summed E-state index contributed by atoms with van der Waals surface area (Å²) in [5.41, 5.74) is 0.931. The first-order valence-electron chi connectivity index (χ1n) is 11.6. The molecule has 1 N–H and O–H groups in total. The van der Waals surface area contributed by atoms with Gasteiger partial charge in [0.2, 0.25) is 5.91 Å². The molecule has 0 saturated carbocycles. The van der Waals surface area contributed by atoms with Crippen molar-refractivity contribution in [1.29, 1.82) is 0 Å². The van der Waals surface area contributed by atoms with Gasteiger partial charge in [-0.1, -0.05) is 23.5 Å². The minimum atomic E-state index is -0.891. The van der Waals surface area contributed by atoms with Gasteiger partial charge in [0.05, 0.1) is 10.2 Å². The number of carboxylic acid groups (broad SMARTS) is 1. The zero-order valence-electron chi connectivity index (χ0n) is 18.8. The van der Waals surface area contributed by atoms with Gasteiger partial charge in [-0.15, -0.1) is 0 Å². The van der Waals surface area contributed by atoms with Crippen LogP contribution < -0.4 is 9.47 Å². The summed E-state index contributed by atoms with van der Waals surface area (Å²) in [6.45, 7) is 3.01. The van der Waals surface area contributed by atoms with Crippen molar-refractivity contribution in [3.05, 3.63) is 48.5 Å². The molecule has 1 aromatic heterocycles. The van der Waals surface area contributed by atoms with E-state index in [0.29, 0.717) is 30.4 Å². The Morgan fingerprint density at radius 3 is 2.53 bits per heavy atom. The summed E-state index contributed by atoms with van der Waals surface area (Å²) >= 11 is 1.51. The summed E-state index contributed by atoms with van der Waals surface area (Å²) in [7, 11) is 0. The van der Waals surface area contributed by atoms with Gasteiger partial charge in [-0.2, -0.15) is 0 Å². The number of carbonyl (C=O) groups excluding carboxylic acids is 1. The number of benzene rings is 2. The molecule has 2 aliphatic heterocycles. The van der Waals surface area contributed by atoms with Crippen LogP contribution in [0, 0.1) is 0 Å². The minimum Gasteiger partial charge on any atom is -0.492 e. The van der Waals surface area contributed by atoms with E-state index in [-0.39, 0.29) is 11.9 Å². The Balaban J connectivity index is 1.06. The topological polar surface area (TPSA) is 92.2 Å². The van der Waals surface area contributed by atoms with Crippen molar-refractivity contribution in [3.8, 4) is 16.7 Å². The highest BCUT2D eigenvalue weighted by Crippen LogP contribution is 2.32. The van der Waals surface area contributed by atoms with Gasteiger partial charge >= 0.3 is 5.97 Å². The number of ether oxygens (including phenoxy) is 2. The number of hydrogen-bond acceptors (Lipinski definition) is 7. The first kappa shape index (κ1) is 22.6. The molecule has 0 bridgehead atoms. The number of rotatable bonds is 8. The Hall–Kier alpha value is -3.17. The van der Waals surface area contributed by atoms with Gasteiger partial charge in [-0.3, -0.25) is 9.69 Å². The second-order valence-corrected chi connectivity index (χ2v) is 9.63. The molecule has 34 heavy (non-hydrogen) atoms. The van der Waals surface area contributed by atoms with Crippen molar-refractivity contribution in [2.75, 3.05) is 26.2 Å². The lowest BCUT2D eigenvalue weighted by Crippen LogP contribution is -2.50. The summed E-state index contributed by atoms with van der Waals surface area (Å²) in [5, 5.41) is 10.0. The quantitative estimate of drug-likeness (QED) is 0.520. The van der Waals surface area contributed by atoms with Crippen molar-refractivity contribution >= 4 is 33.4 Å². The maximum Gasteiger partial charge on any atom is 0.326 e. The molecule has 0 radical (unpaired) electrons. The van der Waals surface area contributed by atoms with Gasteiger partial charge in [0, 0.05) is 32.1 Å². The Morgan fingerprint density at radius 1 is 1.06 bits per heavy atom. The predicted octanol–water partition coefficient (Wildman–Crippen LogP) is 4.01. The molecule has 1 amide bonds. The molecule has 5 rings (SSSR count). The lowest BCUT2D eigenvalue weighted by atomic mass is 10.0. The maximum absolute atomic E-state index is 12.2. The number of nitrogens with zero attached hydrogens (tertiary/aromatic N) is 3. The van der Waals surface area contributed by atoms with Crippen molar-refractivity contribution in [2.45, 2.75) is 37.8 Å². The van der Waals surface area contributed by atoms with E-state index >= 15 is 0 Å². The molecule has 8 nitrogen and oxygen atoms in total. The van der Waals surface area contributed by atoms with Crippen LogP contribution in [0.3, 0.4) is 0 Å². The second-order valence-electron chi connectivity index (χ2n) is 8.64. The minimum absolute atomic E-state index is 0.0234. The molecule has 178 valence electrons. The van der Waals surface area contributed by atoms with Crippen LogP contribution in [0.15, 0.2) is 48.5 Å². The lowest BCUT2D eigenvalue weighted by molar-refractivity contribution is -0.148. The Kier molecular flexibility index (Phi) is 6.64. The lowest BCUT2D eigenvalue weighted by Gasteiger charge is -2.38. The van der Waals surface area contributed by atoms with Crippen LogP contribution in [0.5, 0.6) is 16.7 Å². The maximum atomic E-state index is 12.2. The molecule has 2 aromatic carbocycles. The average molecular weight is 482 g/mol. The highest BCUT2D eigenvalue weighted by atomic mass is 32.1. The standard InChI is InChI=1S/C25H27N3O5S/c29-23-10-9-21(24(30)31)28(23)17-11-13-27(14-12-17)15-16-32-18-5-7-19(8-6-18)33-25-26-20-3-1-2-4-22(20)34-25/h1-8,17,21H,9-16H2,(H,30,31). The fourth-order valence-electron chi connectivity index (χ4n) is 4.72. The number of carboxylic acids is 1. The molecule has 0 spiro atoms. The van der Waals surface area contributed by atoms with E-state index in [1.807, 2.05) is 48.5 Å². The number of aromatic nitrogens is 1. The van der Waals surface area contributed by atoms with Crippen molar-refractivity contribution in [1.82, 2.24) is 14.8 Å². The van der Waals surface area contributed by atoms with Gasteiger partial charge in [-0.05, 0) is 55.7 Å². The molecule has 0 aliphatic carbocycles. The van der Waals surface area contributed by atoms with E-state index in [9.17, 15) is 14.7 Å². The van der Waals surface area contributed by atoms with Crippen LogP contribution in [0.25, 0.3) is 10.2 Å². The summed E-state index contributed by atoms with van der Waals surface area (Å²) in [4.78, 5) is 32.1. The number of carbonyl (C=O) groups is 2. The summed E-state index contributed by atoms with van der Waals surface area (Å²) < 4.78 is 12.9. The monoisotopic (exact) mass is 481 g/mol. The van der Waals surface area contributed by atoms with Crippen molar-refractivity contribution < 1.29 is 24.2 Å². The van der Waals surface area contributed by atoms with Crippen LogP contribution in [0.4, 0.5) is 0 Å². The summed E-state index contributed by atoms with van der Waals surface area (Å²) in [6, 6.07) is 14.8. The first-order valence-corrected chi connectivity index (χ1v) is 12.4. The Labute approximate surface area is 201 Å². The normalized spacial score (nSPS) is 19.6. The number of para-hydroxylation sites is 1. The highest BCUT2D eigenvalue weighted by molar-refractivity contribution is 7.20. The number of piperidine rings is 1. The van der Waals surface area contributed by atoms with Crippen molar-refractivity contribution in [3.63, 3.8) is 0 Å². The van der Waals surface area contributed by atoms with Crippen molar-refractivity contribution in [2.24, 2.45) is 0 Å². The number of aliphatic carboxylic acids is 1. The van der Waals surface area contributed by atoms with Gasteiger partial charge in [0.25, 0.3) is 5.19 Å². The SMILES string of the molecule is O=C(O)C1CCC(=O)N1C1CCN(CCOc2ccc(Oc3nc4ccccc4s3)cc2)CC1. The van der Waals surface area contributed by atoms with Gasteiger partial charge < -0.3 is 19.5 Å². The molecule has 3 heterocycles. The molecule has 3 aromatic rings. The Bertz CT molecular complexity index is 1120. The van der Waals surface area contributed by atoms with Crippen LogP contribution in [0.1, 0.15) is 25.7 Å². The molecule has 2 saturated heterocycles. The molecular formula is C25H27N3O5S. The number of fused-ring (bicyclic) bond motifs is 1. The molecule has 2 aliphatic rings. The zero-order valence-corrected chi connectivity index (χ0v) is 19.6. The molecule has 1 atom stereocenters. The third kappa shape index (κ3) is 5.00. The highest BCUT2D eigenvalue weighted by Gasteiger charge is 2.41. The summed E-state index contributed by atoms with van der Waals surface area (Å²) in [5.74, 6) is 0.575. The van der Waals surface area contributed by atoms with E-state index in [0.717, 1.165) is 48.4 Å². The third-order valence-electron chi connectivity index (χ3n) is 6.47. The second kappa shape index (κ2) is 9.99. The number of likely N-dealkylation sites (tertiary alicyclic amines) is 2. The van der Waals surface area contributed by atoms with Crippen LogP contribution in [-0.4, -0.2) is 70.1 Å². The molecule has 1 unspecified atom stereocenters. The van der Waals surface area contributed by atoms with Crippen LogP contribution in [0.2, 0.25) is 0 Å². The predicted molar refractivity (Wildman–Crippen MR) is 129 cm³/mol. The Morgan fingerprint density at radius 2 is 1.79 bits per heavy atom. The average Bonchev–Trinajstić information content (AvgIpc) is 3.43. The van der Waals surface area contributed by atoms with Gasteiger partial charge in [-0.25, -0.2) is 9.78 Å². The third-order valence-corrected chi connectivity index (χ3v) is 7.38. The number of hydrogen-bond donors (Lipinski definition) is 1. The number of thiazole rings is 1. The van der Waals surface area contributed by atoms with Crippen LogP contribution in [-0.2, 0) is 9.59 Å². The van der Waals surface area contributed by atoms with E-state index in [1.165, 1.54) is 11.3 Å². The molecule has 2 fully saturated rings. The number of amides is 1. The fraction of sp³-hybridized carbons (Fsp3) is 0.400. The fourth-order valence-corrected chi connectivity index (χ4v) is 5.55. The van der Waals surface area contributed by atoms with E-state index in [4.69, 9.17) is 9.47 Å². The zero-order chi connectivity index (χ0) is 23.5. The van der Waals surface area contributed by atoms with E-state index in [1.54, 1.807) is 4.90 Å². The van der Waals surface area contributed by atoms with E-state index < -0.39 is 12.0 Å². The van der Waals surface area contributed by atoms with Gasteiger partial charge in [0.1, 0.15) is 24.1 Å². The van der Waals surface area contributed by atoms with Crippen LogP contribution >= 0.6 is 11.3 Å². The summed E-state index contributed by atoms with van der Waals surface area (Å²) in [6.07, 6.45) is 2.36. The molecule has 9 heteroatoms. The first-order chi connectivity index (χ1) is 16.6. The smallest absolute Gasteiger partial charge is 0.326 e.